The van der Waals surface area contributed by atoms with E-state index in [4.69, 9.17) is 9.97 Å². The third-order valence-electron chi connectivity index (χ3n) is 5.45. The number of nitrogens with zero attached hydrogens (tertiary/aromatic N) is 4. The predicted molar refractivity (Wildman–Crippen MR) is 134 cm³/mol. The van der Waals surface area contributed by atoms with Crippen LogP contribution in [0.5, 0.6) is 0 Å². The van der Waals surface area contributed by atoms with Gasteiger partial charge in [-0.3, -0.25) is 19.9 Å². The minimum Gasteiger partial charge on any atom is -0.264 e. The van der Waals surface area contributed by atoms with Gasteiger partial charge >= 0.3 is 0 Å². The normalized spacial score (nSPS) is 11.1. The van der Waals surface area contributed by atoms with Crippen molar-refractivity contribution in [2.45, 2.75) is 6.92 Å². The molecule has 4 heterocycles. The standard InChI is InChI=1S/C29H22N4/c1-21-15-27(20-32-28(21)25-10-6-14-31-18-25)29-23(12-11-22-7-3-2-4-8-22)16-26(19-33-29)24-9-5-13-30-17-24/h2-20H,1H3/b12-11+. The number of hydrogen-bond acceptors (Lipinski definition) is 4. The van der Waals surface area contributed by atoms with Crippen molar-refractivity contribution in [3.05, 3.63) is 121 Å². The van der Waals surface area contributed by atoms with E-state index in [-0.39, 0.29) is 0 Å². The van der Waals surface area contributed by atoms with Crippen molar-refractivity contribution in [1.29, 1.82) is 0 Å². The minimum absolute atomic E-state index is 0.892. The van der Waals surface area contributed by atoms with Crippen LogP contribution in [0.1, 0.15) is 16.7 Å². The smallest absolute Gasteiger partial charge is 0.0790 e. The molecule has 0 atom stereocenters. The molecule has 33 heavy (non-hydrogen) atoms. The molecule has 0 bridgehead atoms. The van der Waals surface area contributed by atoms with Gasteiger partial charge in [-0.2, -0.15) is 0 Å². The van der Waals surface area contributed by atoms with E-state index in [9.17, 15) is 0 Å². The van der Waals surface area contributed by atoms with E-state index in [2.05, 4.69) is 53.3 Å². The molecule has 4 heteroatoms. The highest BCUT2D eigenvalue weighted by atomic mass is 14.7. The van der Waals surface area contributed by atoms with Crippen molar-refractivity contribution in [3.8, 4) is 33.6 Å². The maximum absolute atomic E-state index is 4.85. The number of benzene rings is 1. The molecule has 1 aromatic carbocycles. The first kappa shape index (κ1) is 20.5. The van der Waals surface area contributed by atoms with E-state index in [0.717, 1.165) is 50.3 Å². The topological polar surface area (TPSA) is 51.6 Å². The lowest BCUT2D eigenvalue weighted by atomic mass is 9.99. The molecule has 0 fully saturated rings. The van der Waals surface area contributed by atoms with E-state index < -0.39 is 0 Å². The van der Waals surface area contributed by atoms with Crippen LogP contribution in [0.25, 0.3) is 45.8 Å². The third kappa shape index (κ3) is 4.60. The van der Waals surface area contributed by atoms with Crippen LogP contribution >= 0.6 is 0 Å². The molecule has 0 saturated carbocycles. The zero-order chi connectivity index (χ0) is 22.5. The Morgan fingerprint density at radius 1 is 0.576 bits per heavy atom. The molecular weight excluding hydrogens is 404 g/mol. The number of aryl methyl sites for hydroxylation is 1. The van der Waals surface area contributed by atoms with Crippen LogP contribution in [0.4, 0.5) is 0 Å². The molecule has 5 aromatic rings. The van der Waals surface area contributed by atoms with Crippen LogP contribution in [0.15, 0.2) is 104 Å². The van der Waals surface area contributed by atoms with Crippen LogP contribution in [0.3, 0.4) is 0 Å². The second kappa shape index (κ2) is 9.37. The lowest BCUT2D eigenvalue weighted by Crippen LogP contribution is -1.95. The molecule has 0 unspecified atom stereocenters. The van der Waals surface area contributed by atoms with Gasteiger partial charge in [-0.15, -0.1) is 0 Å². The fourth-order valence-electron chi connectivity index (χ4n) is 3.80. The summed E-state index contributed by atoms with van der Waals surface area (Å²) in [6.07, 6.45) is 15.3. The Labute approximate surface area is 193 Å². The lowest BCUT2D eigenvalue weighted by Gasteiger charge is -2.11. The van der Waals surface area contributed by atoms with E-state index in [1.54, 1.807) is 12.4 Å². The summed E-state index contributed by atoms with van der Waals surface area (Å²) in [7, 11) is 0. The third-order valence-corrected chi connectivity index (χ3v) is 5.45. The average molecular weight is 427 g/mol. The average Bonchev–Trinajstić information content (AvgIpc) is 2.89. The highest BCUT2D eigenvalue weighted by molar-refractivity contribution is 5.82. The molecule has 0 N–H and O–H groups in total. The Hall–Kier alpha value is -4.44. The van der Waals surface area contributed by atoms with Crippen LogP contribution in [-0.4, -0.2) is 19.9 Å². The van der Waals surface area contributed by atoms with Crippen LogP contribution in [0, 0.1) is 6.92 Å². The first-order valence-electron chi connectivity index (χ1n) is 10.8. The van der Waals surface area contributed by atoms with Gasteiger partial charge in [-0.1, -0.05) is 48.6 Å². The largest absolute Gasteiger partial charge is 0.264 e. The van der Waals surface area contributed by atoms with Gasteiger partial charge in [0, 0.05) is 65.0 Å². The second-order valence-electron chi connectivity index (χ2n) is 7.78. The zero-order valence-electron chi connectivity index (χ0n) is 18.3. The van der Waals surface area contributed by atoms with Crippen LogP contribution in [0.2, 0.25) is 0 Å². The summed E-state index contributed by atoms with van der Waals surface area (Å²) in [5, 5.41) is 0. The van der Waals surface area contributed by atoms with Gasteiger partial charge in [0.05, 0.1) is 11.4 Å². The Bertz CT molecular complexity index is 1400. The van der Waals surface area contributed by atoms with Crippen molar-refractivity contribution in [2.75, 3.05) is 0 Å². The van der Waals surface area contributed by atoms with E-state index >= 15 is 0 Å². The maximum atomic E-state index is 4.85. The molecule has 158 valence electrons. The summed E-state index contributed by atoms with van der Waals surface area (Å²) in [5.74, 6) is 0. The summed E-state index contributed by atoms with van der Waals surface area (Å²) in [6.45, 7) is 2.07. The summed E-state index contributed by atoms with van der Waals surface area (Å²) in [5.41, 5.74) is 9.10. The number of aromatic nitrogens is 4. The monoisotopic (exact) mass is 426 g/mol. The Balaban J connectivity index is 1.59. The minimum atomic E-state index is 0.892. The fourth-order valence-corrected chi connectivity index (χ4v) is 3.80. The summed E-state index contributed by atoms with van der Waals surface area (Å²) in [6, 6.07) is 22.5. The number of hydrogen-bond donors (Lipinski definition) is 0. The van der Waals surface area contributed by atoms with Gasteiger partial charge in [0.2, 0.25) is 0 Å². The maximum Gasteiger partial charge on any atom is 0.0790 e. The van der Waals surface area contributed by atoms with Crippen molar-refractivity contribution in [2.24, 2.45) is 0 Å². The van der Waals surface area contributed by atoms with Gasteiger partial charge in [-0.25, -0.2) is 0 Å². The van der Waals surface area contributed by atoms with Gasteiger partial charge < -0.3 is 0 Å². The Kier molecular flexibility index (Phi) is 5.81. The predicted octanol–water partition coefficient (Wildman–Crippen LogP) is 6.75. The van der Waals surface area contributed by atoms with Crippen molar-refractivity contribution >= 4 is 12.2 Å². The molecule has 5 rings (SSSR count). The quantitative estimate of drug-likeness (QED) is 0.312. The van der Waals surface area contributed by atoms with Crippen molar-refractivity contribution < 1.29 is 0 Å². The van der Waals surface area contributed by atoms with Gasteiger partial charge in [0.25, 0.3) is 0 Å². The number of rotatable bonds is 5. The van der Waals surface area contributed by atoms with Crippen molar-refractivity contribution in [1.82, 2.24) is 19.9 Å². The summed E-state index contributed by atoms with van der Waals surface area (Å²) < 4.78 is 0. The summed E-state index contributed by atoms with van der Waals surface area (Å²) in [4.78, 5) is 18.1. The van der Waals surface area contributed by atoms with Crippen LogP contribution < -0.4 is 0 Å². The van der Waals surface area contributed by atoms with E-state index in [1.165, 1.54) is 0 Å². The molecule has 0 aliphatic heterocycles. The fraction of sp³-hybridized carbons (Fsp3) is 0.0345. The van der Waals surface area contributed by atoms with Gasteiger partial charge in [0.1, 0.15) is 0 Å². The molecule has 0 aliphatic rings. The van der Waals surface area contributed by atoms with E-state index in [1.807, 2.05) is 67.3 Å². The molecule has 0 aliphatic carbocycles. The SMILES string of the molecule is Cc1cc(-c2ncc(-c3cccnc3)cc2/C=C/c2ccccc2)cnc1-c1cccnc1. The molecule has 4 nitrogen and oxygen atoms in total. The first-order valence-corrected chi connectivity index (χ1v) is 10.8. The highest BCUT2D eigenvalue weighted by Crippen LogP contribution is 2.30. The lowest BCUT2D eigenvalue weighted by molar-refractivity contribution is 1.22. The van der Waals surface area contributed by atoms with Gasteiger partial charge in [0.15, 0.2) is 0 Å². The molecule has 0 amide bonds. The first-order chi connectivity index (χ1) is 16.3. The van der Waals surface area contributed by atoms with Gasteiger partial charge in [-0.05, 0) is 48.4 Å². The molecule has 0 spiro atoms. The summed E-state index contributed by atoms with van der Waals surface area (Å²) >= 11 is 0. The van der Waals surface area contributed by atoms with E-state index in [0.29, 0.717) is 0 Å². The second-order valence-corrected chi connectivity index (χ2v) is 7.78. The molecule has 4 aromatic heterocycles. The molecule has 0 radical (unpaired) electrons. The number of pyridine rings is 4. The molecular formula is C29H22N4. The Morgan fingerprint density at radius 2 is 1.27 bits per heavy atom. The Morgan fingerprint density at radius 3 is 1.97 bits per heavy atom. The zero-order valence-corrected chi connectivity index (χ0v) is 18.3. The van der Waals surface area contributed by atoms with Crippen LogP contribution in [-0.2, 0) is 0 Å². The molecule has 0 saturated heterocycles. The van der Waals surface area contributed by atoms with Crippen molar-refractivity contribution in [3.63, 3.8) is 0 Å². The highest BCUT2D eigenvalue weighted by Gasteiger charge is 2.11.